The van der Waals surface area contributed by atoms with Crippen molar-refractivity contribution in [3.05, 3.63) is 92.1 Å². The maximum Gasteiger partial charge on any atom is 0.536 e. The number of benzene rings is 2. The highest BCUT2D eigenvalue weighted by molar-refractivity contribution is 7.16. The molecule has 2 aliphatic rings. The van der Waals surface area contributed by atoms with Gasteiger partial charge in [-0.15, -0.1) is 11.3 Å². The molecule has 0 spiro atoms. The number of nitrogens with zero attached hydrogens (tertiary/aromatic N) is 2. The number of rotatable bonds is 8. The van der Waals surface area contributed by atoms with Gasteiger partial charge in [-0.2, -0.15) is 0 Å². The molecule has 47 heavy (non-hydrogen) atoms. The molecule has 0 saturated heterocycles. The fourth-order valence-electron chi connectivity index (χ4n) is 6.74. The van der Waals surface area contributed by atoms with Gasteiger partial charge in [0, 0.05) is 71.7 Å². The molecule has 11 heteroatoms. The van der Waals surface area contributed by atoms with E-state index in [1.807, 2.05) is 18.2 Å². The van der Waals surface area contributed by atoms with Gasteiger partial charge in [0.2, 0.25) is 0 Å². The molecule has 2 aromatic heterocycles. The van der Waals surface area contributed by atoms with Crippen molar-refractivity contribution in [2.75, 3.05) is 44.6 Å². The Bertz CT molecular complexity index is 1990. The Balaban J connectivity index is 1.30. The van der Waals surface area contributed by atoms with Crippen LogP contribution in [0.5, 0.6) is 0 Å². The first kappa shape index (κ1) is 32.9. The number of carbonyl (C=O) groups excluding carboxylic acids is 1. The van der Waals surface area contributed by atoms with Crippen LogP contribution in [0.3, 0.4) is 0 Å². The molecule has 1 N–H and O–H groups in total. The van der Waals surface area contributed by atoms with Crippen molar-refractivity contribution in [2.45, 2.75) is 51.4 Å². The molecule has 6 rings (SSSR count). The minimum atomic E-state index is -3.01. The molecular weight excluding hydrogens is 631 g/mol. The summed E-state index contributed by atoms with van der Waals surface area (Å²) in [6.45, 7) is 18.7. The van der Waals surface area contributed by atoms with Gasteiger partial charge in [-0.25, -0.2) is 9.64 Å². The summed E-state index contributed by atoms with van der Waals surface area (Å²) in [6.07, 6.45) is 3.59. The Morgan fingerprint density at radius 2 is 1.66 bits per heavy atom. The standard InChI is InChI=1S/C36H39N3O6SSi/c1-35(2)15-17-39-18-16-36(3,4)30-31(39)27(35)20-22-19-26(34(41)45-32(22)30)29-14-11-24(46-29)21-28(37-5)33(40)38-23-9-12-25(13-10-23)47(42-6,43-7)44-8/h9-14,19-21H,15-18H2,1-4,6-8H3,(H,38,40)/b28-21-. The van der Waals surface area contributed by atoms with Gasteiger partial charge in [0.05, 0.1) is 12.1 Å². The highest BCUT2D eigenvalue weighted by Crippen LogP contribution is 2.51. The summed E-state index contributed by atoms with van der Waals surface area (Å²) in [5.74, 6) is -0.542. The Labute approximate surface area is 280 Å². The molecule has 4 aromatic rings. The first-order valence-electron chi connectivity index (χ1n) is 15.5. The smallest absolute Gasteiger partial charge is 0.422 e. The molecule has 0 aliphatic carbocycles. The van der Waals surface area contributed by atoms with E-state index in [1.54, 1.807) is 24.3 Å². The van der Waals surface area contributed by atoms with Crippen molar-refractivity contribution in [1.29, 1.82) is 0 Å². The lowest BCUT2D eigenvalue weighted by Gasteiger charge is -2.48. The van der Waals surface area contributed by atoms with E-state index in [1.165, 1.54) is 50.0 Å². The van der Waals surface area contributed by atoms with E-state index in [-0.39, 0.29) is 16.5 Å². The van der Waals surface area contributed by atoms with Crippen molar-refractivity contribution in [2.24, 2.45) is 0 Å². The van der Waals surface area contributed by atoms with E-state index in [4.69, 9.17) is 24.3 Å². The lowest BCUT2D eigenvalue weighted by molar-refractivity contribution is -0.112. The quantitative estimate of drug-likeness (QED) is 0.0969. The maximum absolute atomic E-state index is 13.5. The Kier molecular flexibility index (Phi) is 8.53. The topological polar surface area (TPSA) is 94.6 Å². The summed E-state index contributed by atoms with van der Waals surface area (Å²) in [6, 6.07) is 14.7. The number of amides is 1. The van der Waals surface area contributed by atoms with Crippen LogP contribution < -0.4 is 21.0 Å². The summed E-state index contributed by atoms with van der Waals surface area (Å²) in [5, 5.41) is 4.43. The zero-order valence-corrected chi connectivity index (χ0v) is 29.6. The van der Waals surface area contributed by atoms with Crippen molar-refractivity contribution >= 4 is 59.7 Å². The van der Waals surface area contributed by atoms with E-state index in [2.05, 4.69) is 48.8 Å². The second-order valence-electron chi connectivity index (χ2n) is 13.3. The third-order valence-electron chi connectivity index (χ3n) is 9.56. The Hall–Kier alpha value is -4.05. The lowest BCUT2D eigenvalue weighted by Crippen LogP contribution is -2.54. The van der Waals surface area contributed by atoms with Crippen LogP contribution in [0, 0.1) is 6.57 Å². The highest BCUT2D eigenvalue weighted by Gasteiger charge is 2.42. The van der Waals surface area contributed by atoms with E-state index >= 15 is 0 Å². The summed E-state index contributed by atoms with van der Waals surface area (Å²) in [5.41, 5.74) is 4.69. The van der Waals surface area contributed by atoms with Gasteiger partial charge < -0.3 is 27.9 Å². The molecule has 2 aliphatic heterocycles. The minimum absolute atomic E-state index is 0.00223. The number of hydrogen-bond acceptors (Lipinski definition) is 8. The van der Waals surface area contributed by atoms with Crippen molar-refractivity contribution in [3.63, 3.8) is 0 Å². The first-order chi connectivity index (χ1) is 22.4. The minimum Gasteiger partial charge on any atom is -0.422 e. The van der Waals surface area contributed by atoms with E-state index in [0.717, 1.165) is 42.1 Å². The third kappa shape index (κ3) is 5.74. The molecule has 0 saturated carbocycles. The molecule has 2 aromatic carbocycles. The number of carbonyl (C=O) groups is 1. The zero-order chi connectivity index (χ0) is 33.7. The third-order valence-corrected chi connectivity index (χ3v) is 13.3. The number of fused-ring (bicyclic) bond motifs is 2. The maximum atomic E-state index is 13.5. The molecular formula is C36H39N3O6SSi. The number of hydrogen-bond donors (Lipinski definition) is 1. The van der Waals surface area contributed by atoms with Gasteiger partial charge in [-0.3, -0.25) is 4.79 Å². The van der Waals surface area contributed by atoms with Crippen LogP contribution >= 0.6 is 11.3 Å². The van der Waals surface area contributed by atoms with Gasteiger partial charge in [-0.05, 0) is 71.7 Å². The summed E-state index contributed by atoms with van der Waals surface area (Å²) in [7, 11) is 1.58. The monoisotopic (exact) mass is 669 g/mol. The number of anilines is 2. The van der Waals surface area contributed by atoms with Gasteiger partial charge >= 0.3 is 14.4 Å². The van der Waals surface area contributed by atoms with E-state index in [0.29, 0.717) is 26.6 Å². The second kappa shape index (κ2) is 12.2. The Morgan fingerprint density at radius 1 is 1.00 bits per heavy atom. The fraction of sp³-hybridized carbons (Fsp3) is 0.361. The van der Waals surface area contributed by atoms with Crippen LogP contribution in [0.2, 0.25) is 0 Å². The predicted octanol–water partition coefficient (Wildman–Crippen LogP) is 6.67. The normalized spacial score (nSPS) is 16.9. The summed E-state index contributed by atoms with van der Waals surface area (Å²) >= 11 is 1.33. The average Bonchev–Trinajstić information content (AvgIpc) is 3.52. The molecule has 0 bridgehead atoms. The number of nitrogens with one attached hydrogen (secondary N) is 1. The largest absolute Gasteiger partial charge is 0.536 e. The molecule has 1 amide bonds. The van der Waals surface area contributed by atoms with E-state index < -0.39 is 20.3 Å². The molecule has 0 atom stereocenters. The molecule has 0 unspecified atom stereocenters. The summed E-state index contributed by atoms with van der Waals surface area (Å²) in [4.78, 5) is 33.9. The molecule has 0 fully saturated rings. The van der Waals surface area contributed by atoms with Crippen LogP contribution in [0.25, 0.3) is 32.3 Å². The van der Waals surface area contributed by atoms with Gasteiger partial charge in [0.1, 0.15) is 5.58 Å². The average molecular weight is 670 g/mol. The van der Waals surface area contributed by atoms with Gasteiger partial charge in [0.25, 0.3) is 11.6 Å². The fourth-order valence-corrected chi connectivity index (χ4v) is 9.47. The first-order valence-corrected chi connectivity index (χ1v) is 18.1. The van der Waals surface area contributed by atoms with Crippen LogP contribution in [0.15, 0.2) is 63.4 Å². The molecule has 0 radical (unpaired) electrons. The van der Waals surface area contributed by atoms with Crippen LogP contribution in [0.4, 0.5) is 11.4 Å². The van der Waals surface area contributed by atoms with Crippen LogP contribution in [-0.2, 0) is 28.9 Å². The lowest BCUT2D eigenvalue weighted by atomic mass is 9.69. The molecule has 244 valence electrons. The van der Waals surface area contributed by atoms with Crippen molar-refractivity contribution in [3.8, 4) is 10.4 Å². The van der Waals surface area contributed by atoms with Crippen LogP contribution in [-0.4, -0.2) is 49.1 Å². The molecule has 4 heterocycles. The van der Waals surface area contributed by atoms with Gasteiger partial charge in [0.15, 0.2) is 0 Å². The van der Waals surface area contributed by atoms with Gasteiger partial charge in [-0.1, -0.05) is 39.8 Å². The van der Waals surface area contributed by atoms with Crippen molar-refractivity contribution in [1.82, 2.24) is 0 Å². The second-order valence-corrected chi connectivity index (χ2v) is 17.3. The number of thiophene rings is 1. The zero-order valence-electron chi connectivity index (χ0n) is 27.8. The van der Waals surface area contributed by atoms with Crippen molar-refractivity contribution < 1.29 is 22.5 Å². The van der Waals surface area contributed by atoms with E-state index in [9.17, 15) is 9.59 Å². The highest BCUT2D eigenvalue weighted by atomic mass is 32.1. The van der Waals surface area contributed by atoms with Crippen LogP contribution in [0.1, 0.15) is 56.5 Å². The predicted molar refractivity (Wildman–Crippen MR) is 189 cm³/mol. The summed E-state index contributed by atoms with van der Waals surface area (Å²) < 4.78 is 22.7. The SMILES string of the molecule is [C-]#[N+]/C(=C\c1ccc(-c2cc3cc4c5c(c3oc2=O)C(C)(C)CCN5CCC4(C)C)s1)C(=O)Nc1ccc([Si](OC)(OC)OC)cc1. The molecule has 9 nitrogen and oxygen atoms in total. The Morgan fingerprint density at radius 3 is 2.30 bits per heavy atom.